The summed E-state index contributed by atoms with van der Waals surface area (Å²) in [5.41, 5.74) is 3.50. The largest absolute Gasteiger partial charge is 0.501 e. The van der Waals surface area contributed by atoms with Crippen LogP contribution in [-0.4, -0.2) is 18.0 Å². The average molecular weight is 896 g/mol. The van der Waals surface area contributed by atoms with Crippen molar-refractivity contribution in [2.75, 3.05) is 0 Å². The zero-order valence-electron chi connectivity index (χ0n) is 38.5. The first kappa shape index (κ1) is 30.0. The van der Waals surface area contributed by atoms with Gasteiger partial charge in [-0.3, -0.25) is 0 Å². The first-order valence-electron chi connectivity index (χ1n) is 21.2. The van der Waals surface area contributed by atoms with E-state index in [2.05, 4.69) is 78.1 Å². The van der Waals surface area contributed by atoms with Crippen molar-refractivity contribution in [3.63, 3.8) is 0 Å². The molecule has 271 valence electrons. The van der Waals surface area contributed by atoms with Crippen LogP contribution in [0.5, 0.6) is 0 Å². The van der Waals surface area contributed by atoms with Gasteiger partial charge in [0.2, 0.25) is 0 Å². The second-order valence-electron chi connectivity index (χ2n) is 15.6. The van der Waals surface area contributed by atoms with Crippen LogP contribution in [0.4, 0.5) is 0 Å². The molecule has 0 aliphatic rings. The number of aromatic nitrogens is 2. The maximum Gasteiger partial charge on any atom is 0.121 e. The van der Waals surface area contributed by atoms with Crippen LogP contribution in [0.1, 0.15) is 66.8 Å². The van der Waals surface area contributed by atoms with Crippen LogP contribution in [0, 0.1) is 24.4 Å². The molecule has 3 nitrogen and oxygen atoms in total. The Morgan fingerprint density at radius 3 is 2.32 bits per heavy atom. The Morgan fingerprint density at radius 2 is 1.60 bits per heavy atom. The van der Waals surface area contributed by atoms with E-state index in [4.69, 9.17) is 14.0 Å². The van der Waals surface area contributed by atoms with Gasteiger partial charge in [0, 0.05) is 46.1 Å². The molecule has 0 atom stereocenters. The fraction of sp³-hybridized carbons (Fsp3) is 0.250. The van der Waals surface area contributed by atoms with Crippen molar-refractivity contribution in [1.82, 2.24) is 9.97 Å². The number of pyridine rings is 2. The number of fused-ring (bicyclic) bond motifs is 6. The standard InChI is InChI=1S/C31H26NO.C17H22NSi.Ir/c1-19-18-32-28(15-22(19)17-31(2,3)4)25-11-7-10-24-27-14-21-13-12-20-8-5-6-9-23(20)26(21)16-29(27)33-30(24)25;1-13(2)15-11-16(14-9-7-6-8-10-14)18-12-17(15)19(3,4)5;/h5-10,12-16,18H,17H2,1-4H3;6-9,11-13H,1-5H3;/q2*-1;/i1D3,17D2,18D;13D;. The summed E-state index contributed by atoms with van der Waals surface area (Å²) >= 11 is 0. The van der Waals surface area contributed by atoms with Gasteiger partial charge in [0.25, 0.3) is 0 Å². The number of furan rings is 1. The molecule has 5 aromatic carbocycles. The van der Waals surface area contributed by atoms with E-state index < -0.39 is 38.8 Å². The summed E-state index contributed by atoms with van der Waals surface area (Å²) in [7, 11) is -1.50. The van der Waals surface area contributed by atoms with E-state index >= 15 is 0 Å². The molecule has 0 spiro atoms. The molecule has 0 bridgehead atoms. The fourth-order valence-corrected chi connectivity index (χ4v) is 8.23. The van der Waals surface area contributed by atoms with Gasteiger partial charge in [-0.2, -0.15) is 0 Å². The number of nitrogens with zero attached hydrogens (tertiary/aromatic N) is 2. The van der Waals surface area contributed by atoms with Crippen molar-refractivity contribution < 1.29 is 34.1 Å². The van der Waals surface area contributed by atoms with Crippen LogP contribution in [0.25, 0.3) is 66.0 Å². The van der Waals surface area contributed by atoms with E-state index in [1.807, 2.05) is 68.6 Å². The maximum atomic E-state index is 8.87. The first-order valence-corrected chi connectivity index (χ1v) is 21.2. The van der Waals surface area contributed by atoms with Crippen molar-refractivity contribution in [3.05, 3.63) is 138 Å². The summed E-state index contributed by atoms with van der Waals surface area (Å²) in [6, 6.07) is 37.9. The van der Waals surface area contributed by atoms with Crippen LogP contribution in [0.3, 0.4) is 0 Å². The summed E-state index contributed by atoms with van der Waals surface area (Å²) in [6.45, 7) is 13.2. The van der Waals surface area contributed by atoms with Crippen LogP contribution in [0.2, 0.25) is 19.6 Å². The van der Waals surface area contributed by atoms with Crippen molar-refractivity contribution in [2.24, 2.45) is 5.41 Å². The quantitative estimate of drug-likeness (QED) is 0.0981. The van der Waals surface area contributed by atoms with Crippen LogP contribution in [-0.2, 0) is 26.5 Å². The maximum absolute atomic E-state index is 8.87. The SMILES string of the molecule is [2H]C(C)(C)c1cc(-c2[c-]cccc2)ncc1[Si](C)(C)C.[2H]c1nc(-c2[c-]ccc3c2oc2cc4c(ccc5ccccc54)cc23)cc(C([2H])([2H])C(C)(C)C)c1C([2H])([2H])[2H].[Ir]. The Kier molecular flexibility index (Phi) is 8.56. The van der Waals surface area contributed by atoms with Crippen LogP contribution >= 0.6 is 0 Å². The molecule has 53 heavy (non-hydrogen) atoms. The van der Waals surface area contributed by atoms with Gasteiger partial charge < -0.3 is 14.4 Å². The number of hydrogen-bond donors (Lipinski definition) is 0. The van der Waals surface area contributed by atoms with Crippen molar-refractivity contribution >= 4 is 56.7 Å². The molecule has 0 saturated heterocycles. The Morgan fingerprint density at radius 1 is 0.830 bits per heavy atom. The molecule has 0 unspecified atom stereocenters. The predicted octanol–water partition coefficient (Wildman–Crippen LogP) is 12.9. The summed E-state index contributed by atoms with van der Waals surface area (Å²) in [6.07, 6.45) is -0.548. The van der Waals surface area contributed by atoms with Gasteiger partial charge in [-0.1, -0.05) is 125 Å². The second kappa shape index (κ2) is 15.1. The molecule has 3 heterocycles. The molecule has 0 N–H and O–H groups in total. The summed E-state index contributed by atoms with van der Waals surface area (Å²) in [5.74, 6) is -0.609. The van der Waals surface area contributed by atoms with Crippen molar-refractivity contribution in [1.29, 1.82) is 0 Å². The van der Waals surface area contributed by atoms with Gasteiger partial charge >= 0.3 is 0 Å². The molecular weight excluding hydrogens is 841 g/mol. The van der Waals surface area contributed by atoms with Crippen molar-refractivity contribution in [2.45, 2.75) is 73.4 Å². The van der Waals surface area contributed by atoms with Gasteiger partial charge in [0.05, 0.1) is 15.0 Å². The van der Waals surface area contributed by atoms with E-state index in [9.17, 15) is 0 Å². The van der Waals surface area contributed by atoms with Gasteiger partial charge in [-0.25, -0.2) is 0 Å². The number of hydrogen-bond acceptors (Lipinski definition) is 3. The third kappa shape index (κ3) is 8.09. The average Bonchev–Trinajstić information content (AvgIpc) is 3.53. The zero-order chi connectivity index (χ0) is 42.9. The minimum atomic E-state index is -2.70. The van der Waals surface area contributed by atoms with E-state index in [0.29, 0.717) is 16.7 Å². The predicted molar refractivity (Wildman–Crippen MR) is 224 cm³/mol. The van der Waals surface area contributed by atoms with Gasteiger partial charge in [0.15, 0.2) is 0 Å². The fourth-order valence-electron chi connectivity index (χ4n) is 6.65. The molecule has 5 heteroatoms. The van der Waals surface area contributed by atoms with E-state index in [1.165, 1.54) is 11.3 Å². The van der Waals surface area contributed by atoms with Gasteiger partial charge in [-0.05, 0) is 80.3 Å². The molecule has 0 aliphatic heterocycles. The van der Waals surface area contributed by atoms with E-state index in [-0.39, 0.29) is 36.9 Å². The summed E-state index contributed by atoms with van der Waals surface area (Å²) in [5, 5.41) is 7.43. The third-order valence-corrected chi connectivity index (χ3v) is 11.2. The minimum Gasteiger partial charge on any atom is -0.501 e. The molecule has 8 rings (SSSR count). The zero-order valence-corrected chi connectivity index (χ0v) is 34.8. The number of benzene rings is 5. The van der Waals surface area contributed by atoms with Gasteiger partial charge in [-0.15, -0.1) is 54.1 Å². The Labute approximate surface area is 339 Å². The first-order chi connectivity index (χ1) is 27.5. The molecule has 0 fully saturated rings. The summed E-state index contributed by atoms with van der Waals surface area (Å²) in [4.78, 5) is 8.94. The molecule has 0 amide bonds. The molecular formula is C48H48IrN2OSi-2. The Hall–Kier alpha value is -4.41. The van der Waals surface area contributed by atoms with Crippen molar-refractivity contribution in [3.8, 4) is 22.5 Å². The molecule has 8 aromatic rings. The minimum absolute atomic E-state index is 0. The normalized spacial score (nSPS) is 14.6. The van der Waals surface area contributed by atoms with Crippen LogP contribution < -0.4 is 5.19 Å². The summed E-state index contributed by atoms with van der Waals surface area (Å²) < 4.78 is 65.2. The molecule has 0 saturated carbocycles. The third-order valence-electron chi connectivity index (χ3n) is 9.14. The van der Waals surface area contributed by atoms with Crippen LogP contribution in [0.15, 0.2) is 114 Å². The smallest absolute Gasteiger partial charge is 0.121 e. The Bertz CT molecular complexity index is 2870. The number of rotatable bonds is 5. The molecule has 0 aliphatic carbocycles. The molecule has 1 radical (unpaired) electrons. The van der Waals surface area contributed by atoms with E-state index in [1.54, 1.807) is 26.8 Å². The Balaban J connectivity index is 0.000000243. The van der Waals surface area contributed by atoms with E-state index in [0.717, 1.165) is 49.1 Å². The second-order valence-corrected chi connectivity index (χ2v) is 20.7. The topological polar surface area (TPSA) is 38.9 Å². The monoisotopic (exact) mass is 896 g/mol. The molecule has 3 aromatic heterocycles. The van der Waals surface area contributed by atoms with Gasteiger partial charge in [0.1, 0.15) is 5.58 Å².